The van der Waals surface area contributed by atoms with Gasteiger partial charge in [-0.1, -0.05) is 0 Å². The zero-order valence-electron chi connectivity index (χ0n) is 9.90. The maximum Gasteiger partial charge on any atom is 0.169 e. The van der Waals surface area contributed by atoms with Crippen LogP contribution in [0.25, 0.3) is 10.4 Å². The molecule has 1 aromatic carbocycles. The molecule has 0 unspecified atom stereocenters. The van der Waals surface area contributed by atoms with Crippen molar-refractivity contribution in [1.29, 1.82) is 0 Å². The standard InChI is InChI=1S/C14H14O2S/c1-3-16-12-6-4-11(5-7-12)14-9-8-13(17-14)10(2)15/h4-9H,3H2,1-2H3. The van der Waals surface area contributed by atoms with Gasteiger partial charge >= 0.3 is 0 Å². The van der Waals surface area contributed by atoms with Gasteiger partial charge in [-0.05, 0) is 55.8 Å². The van der Waals surface area contributed by atoms with E-state index >= 15 is 0 Å². The van der Waals surface area contributed by atoms with Gasteiger partial charge in [0.15, 0.2) is 5.78 Å². The molecule has 2 rings (SSSR count). The number of hydrogen-bond acceptors (Lipinski definition) is 3. The van der Waals surface area contributed by atoms with Crippen LogP contribution in [-0.4, -0.2) is 12.4 Å². The Bertz CT molecular complexity index is 511. The monoisotopic (exact) mass is 246 g/mol. The minimum Gasteiger partial charge on any atom is -0.494 e. The van der Waals surface area contributed by atoms with Gasteiger partial charge in [-0.15, -0.1) is 11.3 Å². The fourth-order valence-corrected chi connectivity index (χ4v) is 2.47. The first kappa shape index (κ1) is 11.9. The van der Waals surface area contributed by atoms with E-state index in [1.54, 1.807) is 6.92 Å². The smallest absolute Gasteiger partial charge is 0.169 e. The summed E-state index contributed by atoms with van der Waals surface area (Å²) in [5.41, 5.74) is 1.12. The van der Waals surface area contributed by atoms with Crippen molar-refractivity contribution in [1.82, 2.24) is 0 Å². The lowest BCUT2D eigenvalue weighted by atomic mass is 10.2. The molecule has 0 saturated carbocycles. The van der Waals surface area contributed by atoms with Gasteiger partial charge in [-0.25, -0.2) is 0 Å². The number of carbonyl (C=O) groups is 1. The molecular formula is C14H14O2S. The number of Topliss-reactive ketones (excluding diaryl/α,β-unsaturated/α-hetero) is 1. The summed E-state index contributed by atoms with van der Waals surface area (Å²) in [6.45, 7) is 4.23. The van der Waals surface area contributed by atoms with E-state index in [1.807, 2.05) is 43.3 Å². The Balaban J connectivity index is 2.23. The van der Waals surface area contributed by atoms with Crippen LogP contribution < -0.4 is 4.74 Å². The lowest BCUT2D eigenvalue weighted by molar-refractivity contribution is 0.102. The number of carbonyl (C=O) groups excluding carboxylic acids is 1. The van der Waals surface area contributed by atoms with E-state index in [0.717, 1.165) is 21.1 Å². The topological polar surface area (TPSA) is 26.3 Å². The quantitative estimate of drug-likeness (QED) is 0.762. The van der Waals surface area contributed by atoms with E-state index in [1.165, 1.54) is 11.3 Å². The lowest BCUT2D eigenvalue weighted by Gasteiger charge is -2.03. The highest BCUT2D eigenvalue weighted by molar-refractivity contribution is 7.17. The number of ether oxygens (including phenoxy) is 1. The molecule has 3 heteroatoms. The second-order valence-corrected chi connectivity index (χ2v) is 4.76. The molecule has 0 aliphatic heterocycles. The van der Waals surface area contributed by atoms with Gasteiger partial charge < -0.3 is 4.74 Å². The lowest BCUT2D eigenvalue weighted by Crippen LogP contribution is -1.90. The van der Waals surface area contributed by atoms with Crippen LogP contribution >= 0.6 is 11.3 Å². The third-order valence-electron chi connectivity index (χ3n) is 2.40. The maximum atomic E-state index is 11.2. The minimum atomic E-state index is 0.118. The van der Waals surface area contributed by atoms with Gasteiger partial charge in [-0.2, -0.15) is 0 Å². The van der Waals surface area contributed by atoms with Crippen LogP contribution in [0.2, 0.25) is 0 Å². The van der Waals surface area contributed by atoms with Crippen molar-refractivity contribution in [2.45, 2.75) is 13.8 Å². The molecule has 0 aliphatic carbocycles. The number of hydrogen-bond donors (Lipinski definition) is 0. The molecule has 88 valence electrons. The summed E-state index contributed by atoms with van der Waals surface area (Å²) in [5, 5.41) is 0. The zero-order valence-corrected chi connectivity index (χ0v) is 10.7. The molecule has 17 heavy (non-hydrogen) atoms. The van der Waals surface area contributed by atoms with Crippen LogP contribution in [0.4, 0.5) is 0 Å². The Kier molecular flexibility index (Phi) is 3.59. The van der Waals surface area contributed by atoms with Crippen LogP contribution in [-0.2, 0) is 0 Å². The first-order valence-corrected chi connectivity index (χ1v) is 6.36. The number of benzene rings is 1. The largest absolute Gasteiger partial charge is 0.494 e. The Morgan fingerprint density at radius 2 is 1.88 bits per heavy atom. The molecule has 0 aliphatic rings. The SMILES string of the molecule is CCOc1ccc(-c2ccc(C(C)=O)s2)cc1. The Labute approximate surface area is 105 Å². The Hall–Kier alpha value is -1.61. The highest BCUT2D eigenvalue weighted by Gasteiger charge is 2.06. The van der Waals surface area contributed by atoms with E-state index in [0.29, 0.717) is 6.61 Å². The molecule has 2 nitrogen and oxygen atoms in total. The van der Waals surface area contributed by atoms with Crippen LogP contribution in [0.3, 0.4) is 0 Å². The summed E-state index contributed by atoms with van der Waals surface area (Å²) in [6.07, 6.45) is 0. The molecule has 0 N–H and O–H groups in total. The van der Waals surface area contributed by atoms with Crippen molar-refractivity contribution in [3.05, 3.63) is 41.3 Å². The number of thiophene rings is 1. The summed E-state index contributed by atoms with van der Waals surface area (Å²) < 4.78 is 5.39. The van der Waals surface area contributed by atoms with Crippen molar-refractivity contribution in [2.75, 3.05) is 6.61 Å². The molecule has 0 radical (unpaired) electrons. The predicted molar refractivity (Wildman–Crippen MR) is 70.9 cm³/mol. The van der Waals surface area contributed by atoms with E-state index in [9.17, 15) is 4.79 Å². The molecule has 0 saturated heterocycles. The molecular weight excluding hydrogens is 232 g/mol. The Morgan fingerprint density at radius 1 is 1.18 bits per heavy atom. The molecule has 0 amide bonds. The average molecular weight is 246 g/mol. The van der Waals surface area contributed by atoms with Gasteiger partial charge in [0.05, 0.1) is 11.5 Å². The van der Waals surface area contributed by atoms with Crippen LogP contribution in [0.5, 0.6) is 5.75 Å². The van der Waals surface area contributed by atoms with Gasteiger partial charge in [0.1, 0.15) is 5.75 Å². The fourth-order valence-electron chi connectivity index (χ4n) is 1.56. The van der Waals surface area contributed by atoms with Crippen LogP contribution in [0.1, 0.15) is 23.5 Å². The van der Waals surface area contributed by atoms with E-state index in [2.05, 4.69) is 0 Å². The van der Waals surface area contributed by atoms with Crippen molar-refractivity contribution >= 4 is 17.1 Å². The second kappa shape index (κ2) is 5.15. The van der Waals surface area contributed by atoms with Crippen molar-refractivity contribution in [2.24, 2.45) is 0 Å². The van der Waals surface area contributed by atoms with Gasteiger partial charge in [0.2, 0.25) is 0 Å². The van der Waals surface area contributed by atoms with Crippen LogP contribution in [0, 0.1) is 0 Å². The number of rotatable bonds is 4. The molecule has 1 heterocycles. The molecule has 0 spiro atoms. The van der Waals surface area contributed by atoms with E-state index in [4.69, 9.17) is 4.74 Å². The second-order valence-electron chi connectivity index (χ2n) is 3.68. The third-order valence-corrected chi connectivity index (χ3v) is 3.64. The normalized spacial score (nSPS) is 10.2. The molecule has 0 fully saturated rings. The first-order valence-electron chi connectivity index (χ1n) is 5.54. The van der Waals surface area contributed by atoms with E-state index in [-0.39, 0.29) is 5.78 Å². The highest BCUT2D eigenvalue weighted by atomic mass is 32.1. The number of ketones is 1. The van der Waals surface area contributed by atoms with E-state index < -0.39 is 0 Å². The minimum absolute atomic E-state index is 0.118. The first-order chi connectivity index (χ1) is 8.20. The van der Waals surface area contributed by atoms with Crippen LogP contribution in [0.15, 0.2) is 36.4 Å². The predicted octanol–water partition coefficient (Wildman–Crippen LogP) is 4.02. The summed E-state index contributed by atoms with van der Waals surface area (Å²) in [6, 6.07) is 11.8. The molecule has 1 aromatic heterocycles. The Morgan fingerprint density at radius 3 is 2.41 bits per heavy atom. The zero-order chi connectivity index (χ0) is 12.3. The van der Waals surface area contributed by atoms with Gasteiger partial charge in [0, 0.05) is 4.88 Å². The third kappa shape index (κ3) is 2.74. The van der Waals surface area contributed by atoms with Crippen molar-refractivity contribution < 1.29 is 9.53 Å². The highest BCUT2D eigenvalue weighted by Crippen LogP contribution is 2.29. The van der Waals surface area contributed by atoms with Gasteiger partial charge in [-0.3, -0.25) is 4.79 Å². The van der Waals surface area contributed by atoms with Crippen molar-refractivity contribution in [3.63, 3.8) is 0 Å². The fraction of sp³-hybridized carbons (Fsp3) is 0.214. The summed E-state index contributed by atoms with van der Waals surface area (Å²) in [5.74, 6) is 0.992. The summed E-state index contributed by atoms with van der Waals surface area (Å²) >= 11 is 1.52. The summed E-state index contributed by atoms with van der Waals surface area (Å²) in [7, 11) is 0. The molecule has 0 atom stereocenters. The molecule has 2 aromatic rings. The molecule has 0 bridgehead atoms. The van der Waals surface area contributed by atoms with Crippen molar-refractivity contribution in [3.8, 4) is 16.2 Å². The van der Waals surface area contributed by atoms with Gasteiger partial charge in [0.25, 0.3) is 0 Å². The average Bonchev–Trinajstić information content (AvgIpc) is 2.80. The maximum absolute atomic E-state index is 11.2. The summed E-state index contributed by atoms with van der Waals surface area (Å²) in [4.78, 5) is 13.1.